The highest BCUT2D eigenvalue weighted by atomic mass is 16.8. The van der Waals surface area contributed by atoms with Gasteiger partial charge >= 0.3 is 0 Å². The molecule has 0 aliphatic carbocycles. The Morgan fingerprint density at radius 3 is 2.21 bits per heavy atom. The molecule has 5 nitrogen and oxygen atoms in total. The van der Waals surface area contributed by atoms with E-state index in [1.807, 2.05) is 0 Å². The van der Waals surface area contributed by atoms with Crippen LogP contribution in [0.1, 0.15) is 78.1 Å². The summed E-state index contributed by atoms with van der Waals surface area (Å²) in [6.07, 6.45) is 13.5. The first-order chi connectivity index (χ1) is 13.7. The van der Waals surface area contributed by atoms with E-state index in [0.29, 0.717) is 33.0 Å². The molecule has 166 valence electrons. The van der Waals surface area contributed by atoms with Gasteiger partial charge in [0, 0.05) is 20.0 Å². The van der Waals surface area contributed by atoms with Gasteiger partial charge in [-0.25, -0.2) is 0 Å². The average molecular weight is 401 g/mol. The van der Waals surface area contributed by atoms with Crippen LogP contribution in [0.5, 0.6) is 0 Å². The third-order valence-corrected chi connectivity index (χ3v) is 5.22. The van der Waals surface area contributed by atoms with Crippen molar-refractivity contribution < 1.29 is 23.7 Å². The molecule has 5 heteroatoms. The van der Waals surface area contributed by atoms with Crippen LogP contribution in [0.15, 0.2) is 12.7 Å². The van der Waals surface area contributed by atoms with Gasteiger partial charge in [0.15, 0.2) is 5.79 Å². The minimum Gasteiger partial charge on any atom is -0.377 e. The monoisotopic (exact) mass is 400 g/mol. The molecule has 0 aromatic heterocycles. The van der Waals surface area contributed by atoms with Crippen LogP contribution in [0.3, 0.4) is 0 Å². The molecule has 0 aromatic carbocycles. The molecule has 1 rings (SSSR count). The van der Waals surface area contributed by atoms with E-state index in [2.05, 4.69) is 20.4 Å². The molecule has 0 aromatic rings. The lowest BCUT2D eigenvalue weighted by atomic mass is 10.00. The van der Waals surface area contributed by atoms with Crippen LogP contribution in [0.25, 0.3) is 0 Å². The normalized spacial score (nSPS) is 19.8. The van der Waals surface area contributed by atoms with Gasteiger partial charge in [-0.3, -0.25) is 0 Å². The van der Waals surface area contributed by atoms with Crippen LogP contribution in [-0.4, -0.2) is 58.1 Å². The number of methoxy groups -OCH3 is 1. The SMILES string of the molecule is C=CCOCC(COCC1COC(CCCCCC)(CCCCCC)O1)OC. The summed E-state index contributed by atoms with van der Waals surface area (Å²) in [4.78, 5) is 0. The van der Waals surface area contributed by atoms with Gasteiger partial charge < -0.3 is 23.7 Å². The minimum atomic E-state index is -0.400. The number of hydrogen-bond acceptors (Lipinski definition) is 5. The van der Waals surface area contributed by atoms with Gasteiger partial charge in [-0.05, 0) is 12.8 Å². The van der Waals surface area contributed by atoms with Gasteiger partial charge in [-0.2, -0.15) is 0 Å². The molecular weight excluding hydrogens is 356 g/mol. The second-order valence-corrected chi connectivity index (χ2v) is 7.80. The molecule has 0 N–H and O–H groups in total. The Labute approximate surface area is 173 Å². The second kappa shape index (κ2) is 16.3. The fourth-order valence-corrected chi connectivity index (χ4v) is 3.53. The molecule has 1 heterocycles. The molecule has 2 atom stereocenters. The first-order valence-corrected chi connectivity index (χ1v) is 11.3. The van der Waals surface area contributed by atoms with E-state index >= 15 is 0 Å². The molecule has 0 amide bonds. The highest BCUT2D eigenvalue weighted by Gasteiger charge is 2.40. The van der Waals surface area contributed by atoms with Crippen LogP contribution in [-0.2, 0) is 23.7 Å². The van der Waals surface area contributed by atoms with E-state index in [1.165, 1.54) is 51.4 Å². The number of ether oxygens (including phenoxy) is 5. The van der Waals surface area contributed by atoms with Crippen molar-refractivity contribution in [1.29, 1.82) is 0 Å². The van der Waals surface area contributed by atoms with Crippen LogP contribution >= 0.6 is 0 Å². The maximum absolute atomic E-state index is 6.39. The van der Waals surface area contributed by atoms with Crippen LogP contribution in [0.4, 0.5) is 0 Å². The molecule has 2 unspecified atom stereocenters. The van der Waals surface area contributed by atoms with Crippen molar-refractivity contribution in [2.75, 3.05) is 40.1 Å². The lowest BCUT2D eigenvalue weighted by Crippen LogP contribution is -2.32. The molecule has 0 saturated carbocycles. The molecule has 1 fully saturated rings. The van der Waals surface area contributed by atoms with Crippen molar-refractivity contribution in [2.24, 2.45) is 0 Å². The quantitative estimate of drug-likeness (QED) is 0.218. The van der Waals surface area contributed by atoms with Crippen molar-refractivity contribution in [1.82, 2.24) is 0 Å². The zero-order valence-corrected chi connectivity index (χ0v) is 18.6. The zero-order valence-electron chi connectivity index (χ0n) is 18.6. The number of hydrogen-bond donors (Lipinski definition) is 0. The summed E-state index contributed by atoms with van der Waals surface area (Å²) >= 11 is 0. The Morgan fingerprint density at radius 1 is 1.00 bits per heavy atom. The van der Waals surface area contributed by atoms with Gasteiger partial charge in [0.1, 0.15) is 12.2 Å². The summed E-state index contributed by atoms with van der Waals surface area (Å²) in [5.74, 6) is -0.400. The van der Waals surface area contributed by atoms with Crippen molar-refractivity contribution in [3.63, 3.8) is 0 Å². The fourth-order valence-electron chi connectivity index (χ4n) is 3.53. The Kier molecular flexibility index (Phi) is 14.9. The summed E-state index contributed by atoms with van der Waals surface area (Å²) in [7, 11) is 1.68. The van der Waals surface area contributed by atoms with Gasteiger partial charge in [0.05, 0.1) is 33.0 Å². The highest BCUT2D eigenvalue weighted by Crippen LogP contribution is 2.34. The molecule has 1 aliphatic heterocycles. The third kappa shape index (κ3) is 10.9. The van der Waals surface area contributed by atoms with Crippen molar-refractivity contribution >= 4 is 0 Å². The molecule has 1 saturated heterocycles. The fraction of sp³-hybridized carbons (Fsp3) is 0.913. The van der Waals surface area contributed by atoms with Crippen molar-refractivity contribution in [3.05, 3.63) is 12.7 Å². The highest BCUT2D eigenvalue weighted by molar-refractivity contribution is 4.80. The first-order valence-electron chi connectivity index (χ1n) is 11.3. The van der Waals surface area contributed by atoms with E-state index in [9.17, 15) is 0 Å². The van der Waals surface area contributed by atoms with E-state index in [0.717, 1.165) is 12.8 Å². The van der Waals surface area contributed by atoms with Gasteiger partial charge in [0.2, 0.25) is 0 Å². The lowest BCUT2D eigenvalue weighted by Gasteiger charge is -2.28. The summed E-state index contributed by atoms with van der Waals surface area (Å²) in [5, 5.41) is 0. The summed E-state index contributed by atoms with van der Waals surface area (Å²) in [5.41, 5.74) is 0. The Balaban J connectivity index is 2.37. The van der Waals surface area contributed by atoms with Crippen molar-refractivity contribution in [2.45, 2.75) is 96.1 Å². The van der Waals surface area contributed by atoms with Crippen molar-refractivity contribution in [3.8, 4) is 0 Å². The average Bonchev–Trinajstić information content (AvgIpc) is 3.11. The summed E-state index contributed by atoms with van der Waals surface area (Å²) < 4.78 is 29.3. The van der Waals surface area contributed by atoms with Crippen LogP contribution in [0, 0.1) is 0 Å². The maximum Gasteiger partial charge on any atom is 0.169 e. The predicted octanol–water partition coefficient (Wildman–Crippen LogP) is 5.27. The van der Waals surface area contributed by atoms with E-state index in [4.69, 9.17) is 23.7 Å². The summed E-state index contributed by atoms with van der Waals surface area (Å²) in [6, 6.07) is 0. The molecule has 28 heavy (non-hydrogen) atoms. The number of unbranched alkanes of at least 4 members (excludes halogenated alkanes) is 6. The standard InChI is InChI=1S/C23H44O5/c1-5-8-10-12-14-23(15-13-11-9-6-2)27-20-22(28-23)19-26-18-21(24-4)17-25-16-7-3/h7,21-22H,3,5-6,8-20H2,1-2,4H3. The van der Waals surface area contributed by atoms with Gasteiger partial charge in [-0.15, -0.1) is 6.58 Å². The Hall–Kier alpha value is -0.460. The first kappa shape index (κ1) is 25.6. The second-order valence-electron chi connectivity index (χ2n) is 7.80. The molecule has 1 aliphatic rings. The molecular formula is C23H44O5. The lowest BCUT2D eigenvalue weighted by molar-refractivity contribution is -0.185. The Bertz CT molecular complexity index is 362. The Morgan fingerprint density at radius 2 is 1.64 bits per heavy atom. The minimum absolute atomic E-state index is 0.00366. The number of rotatable bonds is 19. The van der Waals surface area contributed by atoms with Crippen LogP contribution < -0.4 is 0 Å². The molecule has 0 spiro atoms. The maximum atomic E-state index is 6.39. The summed E-state index contributed by atoms with van der Waals surface area (Å²) in [6.45, 7) is 10.8. The van der Waals surface area contributed by atoms with Gasteiger partial charge in [0.25, 0.3) is 0 Å². The topological polar surface area (TPSA) is 46.2 Å². The molecule has 0 radical (unpaired) electrons. The van der Waals surface area contributed by atoms with Crippen LogP contribution in [0.2, 0.25) is 0 Å². The third-order valence-electron chi connectivity index (χ3n) is 5.22. The zero-order chi connectivity index (χ0) is 20.5. The van der Waals surface area contributed by atoms with E-state index in [-0.39, 0.29) is 12.2 Å². The predicted molar refractivity (Wildman–Crippen MR) is 114 cm³/mol. The molecule has 0 bridgehead atoms. The van der Waals surface area contributed by atoms with E-state index in [1.54, 1.807) is 13.2 Å². The largest absolute Gasteiger partial charge is 0.377 e. The van der Waals surface area contributed by atoms with Gasteiger partial charge in [-0.1, -0.05) is 58.4 Å². The van der Waals surface area contributed by atoms with E-state index < -0.39 is 5.79 Å². The smallest absolute Gasteiger partial charge is 0.169 e.